The zero-order valence-electron chi connectivity index (χ0n) is 8.76. The van der Waals surface area contributed by atoms with Crippen LogP contribution in [0.3, 0.4) is 0 Å². The number of hydrogen-bond donors (Lipinski definition) is 0. The molecule has 3 nitrogen and oxygen atoms in total. The molecule has 0 bridgehead atoms. The second-order valence-corrected chi connectivity index (χ2v) is 3.35. The Morgan fingerprint density at radius 2 is 2.25 bits per heavy atom. The van der Waals surface area contributed by atoms with Gasteiger partial charge in [0.15, 0.2) is 0 Å². The van der Waals surface area contributed by atoms with Gasteiger partial charge in [-0.2, -0.15) is 0 Å². The molecule has 0 aliphatic rings. The molecule has 0 atom stereocenters. The summed E-state index contributed by atoms with van der Waals surface area (Å²) in [5, 5.41) is 0. The molecule has 6 heteroatoms. The van der Waals surface area contributed by atoms with Crippen LogP contribution in [0.25, 0.3) is 0 Å². The topological polar surface area (TPSA) is 39.2 Å². The number of pyridine rings is 1. The van der Waals surface area contributed by atoms with Gasteiger partial charge in [0.2, 0.25) is 0 Å². The highest BCUT2D eigenvalue weighted by Gasteiger charge is 2.23. The number of carbonyl (C=O) groups excluding carboxylic acids is 1. The predicted molar refractivity (Wildman–Crippen MR) is 54.8 cm³/mol. The zero-order valence-corrected chi connectivity index (χ0v) is 9.52. The minimum atomic E-state index is -2.77. The number of nitrogens with zero attached hydrogens (tertiary/aromatic N) is 1. The van der Waals surface area contributed by atoms with Crippen molar-refractivity contribution in [3.8, 4) is 0 Å². The van der Waals surface area contributed by atoms with Crippen molar-refractivity contribution in [2.24, 2.45) is 0 Å². The quantitative estimate of drug-likeness (QED) is 0.611. The number of aromatic nitrogens is 1. The van der Waals surface area contributed by atoms with Crippen molar-refractivity contribution in [3.63, 3.8) is 0 Å². The largest absolute Gasteiger partial charge is 0.465 e. The fourth-order valence-corrected chi connectivity index (χ4v) is 1.61. The summed E-state index contributed by atoms with van der Waals surface area (Å²) >= 11 is 5.58. The molecule has 0 radical (unpaired) electrons. The number of methoxy groups -OCH3 is 1. The highest BCUT2D eigenvalue weighted by Crippen LogP contribution is 2.27. The van der Waals surface area contributed by atoms with Crippen LogP contribution in [0.15, 0.2) is 6.20 Å². The lowest BCUT2D eigenvalue weighted by Crippen LogP contribution is -2.11. The first kappa shape index (κ1) is 12.8. The fraction of sp³-hybridized carbons (Fsp3) is 0.400. The van der Waals surface area contributed by atoms with Crippen LogP contribution in [0.5, 0.6) is 0 Å². The van der Waals surface area contributed by atoms with E-state index < -0.39 is 18.0 Å². The standard InChI is InChI=1S/C10H10ClF2NO2/c1-5-7(3-11)14-4-6(9(12)13)8(5)10(15)16-2/h4,9H,3H2,1-2H3. The van der Waals surface area contributed by atoms with E-state index in [0.29, 0.717) is 11.3 Å². The Morgan fingerprint density at radius 1 is 1.62 bits per heavy atom. The first-order chi connectivity index (χ1) is 7.52. The maximum Gasteiger partial charge on any atom is 0.338 e. The second-order valence-electron chi connectivity index (χ2n) is 3.09. The number of rotatable bonds is 3. The van der Waals surface area contributed by atoms with Crippen molar-refractivity contribution in [2.45, 2.75) is 19.2 Å². The normalized spacial score (nSPS) is 10.6. The van der Waals surface area contributed by atoms with Crippen molar-refractivity contribution in [1.82, 2.24) is 4.98 Å². The van der Waals surface area contributed by atoms with E-state index in [-0.39, 0.29) is 11.4 Å². The lowest BCUT2D eigenvalue weighted by Gasteiger charge is -2.12. The van der Waals surface area contributed by atoms with Crippen molar-refractivity contribution >= 4 is 17.6 Å². The first-order valence-corrected chi connectivity index (χ1v) is 4.97. The molecule has 0 aliphatic heterocycles. The van der Waals surface area contributed by atoms with Crippen LogP contribution in [0.4, 0.5) is 8.78 Å². The monoisotopic (exact) mass is 249 g/mol. The molecule has 1 aromatic rings. The summed E-state index contributed by atoms with van der Waals surface area (Å²) in [6.07, 6.45) is -1.81. The average molecular weight is 250 g/mol. The molecule has 0 N–H and O–H groups in total. The Bertz CT molecular complexity index is 410. The van der Waals surface area contributed by atoms with Gasteiger partial charge in [0.05, 0.1) is 29.8 Å². The van der Waals surface area contributed by atoms with Crippen LogP contribution >= 0.6 is 11.6 Å². The number of alkyl halides is 3. The summed E-state index contributed by atoms with van der Waals surface area (Å²) in [5.74, 6) is -0.749. The maximum absolute atomic E-state index is 12.7. The molecule has 0 spiro atoms. The molecule has 0 amide bonds. The van der Waals surface area contributed by atoms with Crippen LogP contribution in [-0.2, 0) is 10.6 Å². The van der Waals surface area contributed by atoms with Gasteiger partial charge in [-0.05, 0) is 12.5 Å². The molecule has 1 heterocycles. The number of hydrogen-bond acceptors (Lipinski definition) is 3. The molecule has 1 aromatic heterocycles. The van der Waals surface area contributed by atoms with Crippen LogP contribution in [0.1, 0.15) is 33.6 Å². The molecule has 0 fully saturated rings. The second kappa shape index (κ2) is 5.21. The summed E-state index contributed by atoms with van der Waals surface area (Å²) in [7, 11) is 1.14. The van der Waals surface area contributed by atoms with Gasteiger partial charge in [0.1, 0.15) is 0 Å². The van der Waals surface area contributed by atoms with E-state index in [1.807, 2.05) is 0 Å². The lowest BCUT2D eigenvalue weighted by molar-refractivity contribution is 0.0588. The van der Waals surface area contributed by atoms with Gasteiger partial charge in [0, 0.05) is 6.20 Å². The fourth-order valence-electron chi connectivity index (χ4n) is 1.34. The van der Waals surface area contributed by atoms with Gasteiger partial charge < -0.3 is 4.74 Å². The summed E-state index contributed by atoms with van der Waals surface area (Å²) in [5.41, 5.74) is 0.146. The first-order valence-electron chi connectivity index (χ1n) is 4.43. The Hall–Kier alpha value is -1.23. The van der Waals surface area contributed by atoms with Gasteiger partial charge in [-0.1, -0.05) is 0 Å². The van der Waals surface area contributed by atoms with E-state index in [2.05, 4.69) is 9.72 Å². The summed E-state index contributed by atoms with van der Waals surface area (Å²) in [6.45, 7) is 1.52. The van der Waals surface area contributed by atoms with Crippen molar-refractivity contribution in [1.29, 1.82) is 0 Å². The van der Waals surface area contributed by atoms with Crippen LogP contribution in [0.2, 0.25) is 0 Å². The number of carbonyl (C=O) groups is 1. The van der Waals surface area contributed by atoms with E-state index in [4.69, 9.17) is 11.6 Å². The van der Waals surface area contributed by atoms with Crippen LogP contribution in [-0.4, -0.2) is 18.1 Å². The Balaban J connectivity index is 3.42. The van der Waals surface area contributed by atoms with Gasteiger partial charge in [-0.15, -0.1) is 11.6 Å². The highest BCUT2D eigenvalue weighted by atomic mass is 35.5. The number of halogens is 3. The Kier molecular flexibility index (Phi) is 4.18. The molecule has 16 heavy (non-hydrogen) atoms. The molecule has 0 unspecified atom stereocenters. The predicted octanol–water partition coefficient (Wildman–Crippen LogP) is 2.85. The molecule has 88 valence electrons. The van der Waals surface area contributed by atoms with Crippen molar-refractivity contribution < 1.29 is 18.3 Å². The molecular formula is C10H10ClF2NO2. The van der Waals surface area contributed by atoms with E-state index >= 15 is 0 Å². The van der Waals surface area contributed by atoms with E-state index in [1.165, 1.54) is 6.92 Å². The van der Waals surface area contributed by atoms with Gasteiger partial charge in [-0.3, -0.25) is 4.98 Å². The van der Waals surface area contributed by atoms with Crippen LogP contribution in [0, 0.1) is 6.92 Å². The van der Waals surface area contributed by atoms with E-state index in [9.17, 15) is 13.6 Å². The van der Waals surface area contributed by atoms with E-state index in [0.717, 1.165) is 13.3 Å². The maximum atomic E-state index is 12.7. The minimum Gasteiger partial charge on any atom is -0.465 e. The molecule has 0 saturated carbocycles. The van der Waals surface area contributed by atoms with Gasteiger partial charge in [-0.25, -0.2) is 13.6 Å². The van der Waals surface area contributed by atoms with Crippen molar-refractivity contribution in [3.05, 3.63) is 28.6 Å². The summed E-state index contributed by atoms with van der Waals surface area (Å²) in [6, 6.07) is 0. The van der Waals surface area contributed by atoms with Gasteiger partial charge in [0.25, 0.3) is 6.43 Å². The molecule has 0 aliphatic carbocycles. The third-order valence-electron chi connectivity index (χ3n) is 2.21. The third kappa shape index (κ3) is 2.29. The molecule has 0 aromatic carbocycles. The highest BCUT2D eigenvalue weighted by molar-refractivity contribution is 6.17. The Morgan fingerprint density at radius 3 is 2.69 bits per heavy atom. The molecular weight excluding hydrogens is 240 g/mol. The van der Waals surface area contributed by atoms with E-state index in [1.54, 1.807) is 0 Å². The lowest BCUT2D eigenvalue weighted by atomic mass is 10.0. The Labute approximate surface area is 96.4 Å². The van der Waals surface area contributed by atoms with Crippen molar-refractivity contribution in [2.75, 3.05) is 7.11 Å². The smallest absolute Gasteiger partial charge is 0.338 e. The molecule has 0 saturated heterocycles. The number of ether oxygens (including phenoxy) is 1. The SMILES string of the molecule is COC(=O)c1c(C(F)F)cnc(CCl)c1C. The third-order valence-corrected chi connectivity index (χ3v) is 2.46. The number of esters is 1. The zero-order chi connectivity index (χ0) is 12.3. The minimum absolute atomic E-state index is 0.0549. The van der Waals surface area contributed by atoms with Crippen LogP contribution < -0.4 is 0 Å². The summed E-state index contributed by atoms with van der Waals surface area (Å²) in [4.78, 5) is 15.2. The van der Waals surface area contributed by atoms with Gasteiger partial charge >= 0.3 is 5.97 Å². The molecule has 1 rings (SSSR count). The average Bonchev–Trinajstić information content (AvgIpc) is 2.27. The summed E-state index contributed by atoms with van der Waals surface area (Å²) < 4.78 is 29.8.